The topological polar surface area (TPSA) is 51.2 Å². The first-order valence-electron chi connectivity index (χ1n) is 6.45. The fourth-order valence-electron chi connectivity index (χ4n) is 2.14. The van der Waals surface area contributed by atoms with Gasteiger partial charge in [-0.3, -0.25) is 9.78 Å². The van der Waals surface area contributed by atoms with Gasteiger partial charge in [-0.05, 0) is 60.7 Å². The van der Waals surface area contributed by atoms with Crippen LogP contribution in [0.4, 0.5) is 0 Å². The van der Waals surface area contributed by atoms with Gasteiger partial charge in [-0.25, -0.2) is 0 Å². The summed E-state index contributed by atoms with van der Waals surface area (Å²) in [6.07, 6.45) is 3.85. The summed E-state index contributed by atoms with van der Waals surface area (Å²) in [6, 6.07) is 3.69. The van der Waals surface area contributed by atoms with E-state index in [-0.39, 0.29) is 11.9 Å². The highest BCUT2D eigenvalue weighted by atomic mass is 79.9. The van der Waals surface area contributed by atoms with E-state index in [1.807, 2.05) is 26.0 Å². The maximum absolute atomic E-state index is 12.4. The molecule has 0 aliphatic heterocycles. The zero-order valence-electron chi connectivity index (χ0n) is 11.4. The van der Waals surface area contributed by atoms with Gasteiger partial charge in [0, 0.05) is 17.8 Å². The number of carbonyl (C=O) groups excluding carboxylic acids is 1. The molecule has 2 rings (SSSR count). The van der Waals surface area contributed by atoms with Gasteiger partial charge < -0.3 is 10.1 Å². The lowest BCUT2D eigenvalue weighted by atomic mass is 9.98. The molecule has 1 saturated carbocycles. The van der Waals surface area contributed by atoms with Gasteiger partial charge in [0.15, 0.2) is 0 Å². The normalized spacial score (nSPS) is 19.6. The molecule has 1 aromatic rings. The van der Waals surface area contributed by atoms with Gasteiger partial charge in [0.2, 0.25) is 0 Å². The molecule has 2 atom stereocenters. The molecule has 0 aromatic carbocycles. The first kappa shape index (κ1) is 14.5. The monoisotopic (exact) mass is 326 g/mol. The van der Waals surface area contributed by atoms with Crippen LogP contribution in [-0.4, -0.2) is 23.6 Å². The maximum Gasteiger partial charge on any atom is 0.252 e. The Morgan fingerprint density at radius 3 is 2.74 bits per heavy atom. The van der Waals surface area contributed by atoms with Crippen molar-refractivity contribution >= 4 is 21.8 Å². The molecule has 1 aliphatic rings. The Morgan fingerprint density at radius 1 is 1.58 bits per heavy atom. The number of carbonyl (C=O) groups is 1. The van der Waals surface area contributed by atoms with Crippen LogP contribution < -0.4 is 5.32 Å². The lowest BCUT2D eigenvalue weighted by Crippen LogP contribution is -2.48. The van der Waals surface area contributed by atoms with Gasteiger partial charge in [0.25, 0.3) is 5.91 Å². The van der Waals surface area contributed by atoms with Gasteiger partial charge in [-0.1, -0.05) is 0 Å². The first-order valence-corrected chi connectivity index (χ1v) is 7.24. The minimum Gasteiger partial charge on any atom is -0.368 e. The Morgan fingerprint density at radius 2 is 2.26 bits per heavy atom. The molecule has 0 bridgehead atoms. The second kappa shape index (κ2) is 5.59. The number of amides is 1. The number of nitrogens with zero attached hydrogens (tertiary/aromatic N) is 1. The number of ether oxygens (including phenoxy) is 1. The minimum atomic E-state index is -0.719. The Labute approximate surface area is 122 Å². The average Bonchev–Trinajstić information content (AvgIpc) is 3.23. The van der Waals surface area contributed by atoms with Gasteiger partial charge >= 0.3 is 0 Å². The van der Waals surface area contributed by atoms with Crippen LogP contribution >= 0.6 is 15.9 Å². The molecule has 2 unspecified atom stereocenters. The van der Waals surface area contributed by atoms with Crippen molar-refractivity contribution < 1.29 is 9.53 Å². The maximum atomic E-state index is 12.4. The molecule has 0 saturated heterocycles. The summed E-state index contributed by atoms with van der Waals surface area (Å²) in [4.78, 5) is 16.7. The second-order valence-electron chi connectivity index (χ2n) is 5.18. The highest BCUT2D eigenvalue weighted by Gasteiger charge is 2.47. The largest absolute Gasteiger partial charge is 0.368 e. The summed E-state index contributed by atoms with van der Waals surface area (Å²) in [5.74, 6) is 0.275. The molecule has 0 radical (unpaired) electrons. The summed E-state index contributed by atoms with van der Waals surface area (Å²) >= 11 is 3.35. The zero-order chi connectivity index (χ0) is 14.0. The predicted molar refractivity (Wildman–Crippen MR) is 76.6 cm³/mol. The molecular formula is C14H19BrN2O2. The van der Waals surface area contributed by atoms with E-state index in [4.69, 9.17) is 4.74 Å². The minimum absolute atomic E-state index is 0.0604. The number of halogens is 1. The molecule has 19 heavy (non-hydrogen) atoms. The predicted octanol–water partition coefficient (Wildman–Crippen LogP) is 2.84. The SMILES string of the molecule is COC(C)(C(=O)NC(C)c1ccc(Br)cn1)C1CC1. The molecule has 1 amide bonds. The quantitative estimate of drug-likeness (QED) is 0.905. The van der Waals surface area contributed by atoms with E-state index in [1.54, 1.807) is 13.3 Å². The average molecular weight is 327 g/mol. The number of methoxy groups -OCH3 is 1. The lowest BCUT2D eigenvalue weighted by Gasteiger charge is -2.28. The third-order valence-corrected chi connectivity index (χ3v) is 4.24. The number of rotatable bonds is 5. The van der Waals surface area contributed by atoms with Crippen LogP contribution in [0.15, 0.2) is 22.8 Å². The summed E-state index contributed by atoms with van der Waals surface area (Å²) in [5.41, 5.74) is 0.120. The van der Waals surface area contributed by atoms with Crippen molar-refractivity contribution in [1.29, 1.82) is 0 Å². The van der Waals surface area contributed by atoms with Crippen LogP contribution in [0.1, 0.15) is 38.4 Å². The van der Waals surface area contributed by atoms with Gasteiger partial charge in [0.1, 0.15) is 5.60 Å². The molecule has 104 valence electrons. The molecule has 1 heterocycles. The number of nitrogens with one attached hydrogen (secondary N) is 1. The lowest BCUT2D eigenvalue weighted by molar-refractivity contribution is -0.144. The van der Waals surface area contributed by atoms with Crippen LogP contribution in [0.3, 0.4) is 0 Å². The Kier molecular flexibility index (Phi) is 4.26. The molecule has 4 nitrogen and oxygen atoms in total. The van der Waals surface area contributed by atoms with Crippen LogP contribution in [0.25, 0.3) is 0 Å². The van der Waals surface area contributed by atoms with Crippen LogP contribution in [0, 0.1) is 5.92 Å². The van der Waals surface area contributed by atoms with Crippen LogP contribution in [0.2, 0.25) is 0 Å². The number of hydrogen-bond donors (Lipinski definition) is 1. The second-order valence-corrected chi connectivity index (χ2v) is 6.10. The number of pyridine rings is 1. The molecule has 1 aromatic heterocycles. The van der Waals surface area contributed by atoms with E-state index in [1.165, 1.54) is 0 Å². The van der Waals surface area contributed by atoms with Crippen molar-refractivity contribution in [1.82, 2.24) is 10.3 Å². The molecular weight excluding hydrogens is 308 g/mol. The van der Waals surface area contributed by atoms with Crippen LogP contribution in [-0.2, 0) is 9.53 Å². The van der Waals surface area contributed by atoms with E-state index in [9.17, 15) is 4.79 Å². The summed E-state index contributed by atoms with van der Waals surface area (Å²) in [6.45, 7) is 3.79. The smallest absolute Gasteiger partial charge is 0.252 e. The zero-order valence-corrected chi connectivity index (χ0v) is 13.0. The van der Waals surface area contributed by atoms with Crippen molar-refractivity contribution in [3.8, 4) is 0 Å². The highest BCUT2D eigenvalue weighted by molar-refractivity contribution is 9.10. The molecule has 5 heteroatoms. The van der Waals surface area contributed by atoms with Gasteiger partial charge in [-0.2, -0.15) is 0 Å². The summed E-state index contributed by atoms with van der Waals surface area (Å²) < 4.78 is 6.36. The van der Waals surface area contributed by atoms with Crippen molar-refractivity contribution in [3.63, 3.8) is 0 Å². The Balaban J connectivity index is 2.03. The van der Waals surface area contributed by atoms with E-state index < -0.39 is 5.60 Å². The van der Waals surface area contributed by atoms with Crippen molar-refractivity contribution in [2.75, 3.05) is 7.11 Å². The number of aromatic nitrogens is 1. The number of hydrogen-bond acceptors (Lipinski definition) is 3. The Bertz CT molecular complexity index is 459. The van der Waals surface area contributed by atoms with E-state index >= 15 is 0 Å². The standard InChI is InChI=1S/C14H19BrN2O2/c1-9(12-7-6-11(15)8-16-12)17-13(18)14(2,19-3)10-4-5-10/h6-10H,4-5H2,1-3H3,(H,17,18). The van der Waals surface area contributed by atoms with Gasteiger partial charge in [0.05, 0.1) is 11.7 Å². The first-order chi connectivity index (χ1) is 8.97. The fraction of sp³-hybridized carbons (Fsp3) is 0.571. The molecule has 0 spiro atoms. The fourth-order valence-corrected chi connectivity index (χ4v) is 2.37. The van der Waals surface area contributed by atoms with Gasteiger partial charge in [-0.15, -0.1) is 0 Å². The molecule has 1 fully saturated rings. The molecule has 1 N–H and O–H groups in total. The third-order valence-electron chi connectivity index (χ3n) is 3.77. The van der Waals surface area contributed by atoms with E-state index in [0.717, 1.165) is 23.0 Å². The van der Waals surface area contributed by atoms with E-state index in [0.29, 0.717) is 5.92 Å². The summed E-state index contributed by atoms with van der Waals surface area (Å²) in [7, 11) is 1.60. The summed E-state index contributed by atoms with van der Waals surface area (Å²) in [5, 5.41) is 2.99. The van der Waals surface area contributed by atoms with Crippen molar-refractivity contribution in [2.24, 2.45) is 5.92 Å². The Hall–Kier alpha value is -0.940. The van der Waals surface area contributed by atoms with E-state index in [2.05, 4.69) is 26.2 Å². The van der Waals surface area contributed by atoms with Crippen LogP contribution in [0.5, 0.6) is 0 Å². The third kappa shape index (κ3) is 3.15. The highest BCUT2D eigenvalue weighted by Crippen LogP contribution is 2.41. The molecule has 1 aliphatic carbocycles. The van der Waals surface area contributed by atoms with Crippen molar-refractivity contribution in [3.05, 3.63) is 28.5 Å². The van der Waals surface area contributed by atoms with Crippen molar-refractivity contribution in [2.45, 2.75) is 38.3 Å².